The monoisotopic (exact) mass is 270 g/mol. The number of rotatable bonds is 3. The first kappa shape index (κ1) is 10.8. The van der Waals surface area contributed by atoms with E-state index in [1.165, 1.54) is 19.4 Å². The molecule has 1 saturated heterocycles. The van der Waals surface area contributed by atoms with Gasteiger partial charge in [-0.05, 0) is 42.4 Å². The molecule has 1 atom stereocenters. The summed E-state index contributed by atoms with van der Waals surface area (Å²) in [7, 11) is 2.17. The van der Waals surface area contributed by atoms with Crippen molar-refractivity contribution in [1.29, 1.82) is 0 Å². The van der Waals surface area contributed by atoms with Crippen LogP contribution < -0.4 is 5.32 Å². The van der Waals surface area contributed by atoms with Gasteiger partial charge in [0.2, 0.25) is 0 Å². The number of nitrogens with one attached hydrogen (secondary N) is 1. The highest BCUT2D eigenvalue weighted by Crippen LogP contribution is 2.15. The molecule has 4 nitrogen and oxygen atoms in total. The third kappa shape index (κ3) is 2.89. The van der Waals surface area contributed by atoms with Crippen molar-refractivity contribution in [1.82, 2.24) is 14.9 Å². The number of hydrogen-bond acceptors (Lipinski definition) is 4. The van der Waals surface area contributed by atoms with Gasteiger partial charge in [0.25, 0.3) is 0 Å². The zero-order valence-corrected chi connectivity index (χ0v) is 10.4. The molecule has 0 bridgehead atoms. The van der Waals surface area contributed by atoms with Gasteiger partial charge in [0.05, 0.1) is 12.4 Å². The van der Waals surface area contributed by atoms with Crippen LogP contribution in [0.4, 0.5) is 5.82 Å². The molecule has 0 aromatic carbocycles. The molecule has 1 unspecified atom stereocenters. The van der Waals surface area contributed by atoms with Gasteiger partial charge in [0, 0.05) is 12.6 Å². The Morgan fingerprint density at radius 1 is 1.53 bits per heavy atom. The molecule has 1 fully saturated rings. The molecule has 82 valence electrons. The molecule has 1 aliphatic rings. The summed E-state index contributed by atoms with van der Waals surface area (Å²) in [6, 6.07) is 0.635. The van der Waals surface area contributed by atoms with Crippen molar-refractivity contribution in [3.05, 3.63) is 17.0 Å². The van der Waals surface area contributed by atoms with Gasteiger partial charge in [-0.25, -0.2) is 9.97 Å². The molecule has 0 saturated carbocycles. The van der Waals surface area contributed by atoms with Crippen molar-refractivity contribution < 1.29 is 0 Å². The van der Waals surface area contributed by atoms with Crippen LogP contribution in [0.3, 0.4) is 0 Å². The van der Waals surface area contributed by atoms with E-state index in [-0.39, 0.29) is 0 Å². The summed E-state index contributed by atoms with van der Waals surface area (Å²) >= 11 is 3.26. The third-order valence-electron chi connectivity index (χ3n) is 2.81. The number of likely N-dealkylation sites (tertiary alicyclic amines) is 1. The molecule has 1 N–H and O–H groups in total. The Hall–Kier alpha value is -0.680. The maximum Gasteiger partial charge on any atom is 0.144 e. The Kier molecular flexibility index (Phi) is 3.53. The fourth-order valence-electron chi connectivity index (χ4n) is 1.86. The second-order valence-corrected chi connectivity index (χ2v) is 4.69. The lowest BCUT2D eigenvalue weighted by Gasteiger charge is -2.19. The first-order valence-corrected chi connectivity index (χ1v) is 5.96. The topological polar surface area (TPSA) is 41.0 Å². The molecule has 2 rings (SSSR count). The minimum absolute atomic E-state index is 0.635. The van der Waals surface area contributed by atoms with E-state index in [4.69, 9.17) is 0 Å². The van der Waals surface area contributed by atoms with Crippen LogP contribution in [0.1, 0.15) is 12.8 Å². The maximum absolute atomic E-state index is 4.23. The molecule has 0 amide bonds. The minimum Gasteiger partial charge on any atom is -0.367 e. The molecule has 0 spiro atoms. The second-order valence-electron chi connectivity index (χ2n) is 3.88. The Balaban J connectivity index is 1.85. The van der Waals surface area contributed by atoms with E-state index in [1.807, 2.05) is 0 Å². The Labute approximate surface area is 98.2 Å². The maximum atomic E-state index is 4.23. The van der Waals surface area contributed by atoms with Crippen LogP contribution in [0.5, 0.6) is 0 Å². The van der Waals surface area contributed by atoms with Gasteiger partial charge >= 0.3 is 0 Å². The molecule has 0 radical (unpaired) electrons. The third-order valence-corrected chi connectivity index (χ3v) is 3.22. The first-order valence-electron chi connectivity index (χ1n) is 5.17. The lowest BCUT2D eigenvalue weighted by molar-refractivity contribution is 0.322. The summed E-state index contributed by atoms with van der Waals surface area (Å²) in [6.07, 6.45) is 6.03. The summed E-state index contributed by atoms with van der Waals surface area (Å²) in [4.78, 5) is 10.7. The van der Waals surface area contributed by atoms with Gasteiger partial charge in [-0.3, -0.25) is 0 Å². The van der Waals surface area contributed by atoms with Crippen LogP contribution in [0.2, 0.25) is 0 Å². The van der Waals surface area contributed by atoms with E-state index in [0.29, 0.717) is 6.04 Å². The fourth-order valence-corrected chi connectivity index (χ4v) is 2.07. The lowest BCUT2D eigenvalue weighted by atomic mass is 10.2. The zero-order valence-electron chi connectivity index (χ0n) is 8.78. The van der Waals surface area contributed by atoms with E-state index in [1.54, 1.807) is 12.4 Å². The summed E-state index contributed by atoms with van der Waals surface area (Å²) in [5.41, 5.74) is 0. The highest BCUT2D eigenvalue weighted by atomic mass is 79.9. The number of nitrogens with zero attached hydrogens (tertiary/aromatic N) is 3. The molecular weight excluding hydrogens is 256 g/mol. The van der Waals surface area contributed by atoms with E-state index >= 15 is 0 Å². The smallest absolute Gasteiger partial charge is 0.144 e. The average Bonchev–Trinajstić information content (AvgIpc) is 2.63. The summed E-state index contributed by atoms with van der Waals surface area (Å²) in [5.74, 6) is 0.846. The minimum atomic E-state index is 0.635. The summed E-state index contributed by atoms with van der Waals surface area (Å²) in [6.45, 7) is 2.16. The van der Waals surface area contributed by atoms with E-state index in [2.05, 4.69) is 43.2 Å². The number of aromatic nitrogens is 2. The van der Waals surface area contributed by atoms with Crippen LogP contribution in [-0.2, 0) is 0 Å². The van der Waals surface area contributed by atoms with Crippen molar-refractivity contribution >= 4 is 21.7 Å². The van der Waals surface area contributed by atoms with E-state index < -0.39 is 0 Å². The number of hydrogen-bond donors (Lipinski definition) is 1. The SMILES string of the molecule is CN1CCCC1CNc1cnc(Br)cn1. The normalized spacial score (nSPS) is 21.9. The van der Waals surface area contributed by atoms with E-state index in [0.717, 1.165) is 17.0 Å². The quantitative estimate of drug-likeness (QED) is 0.909. The molecule has 2 heterocycles. The average molecular weight is 271 g/mol. The number of anilines is 1. The van der Waals surface area contributed by atoms with Crippen molar-refractivity contribution in [2.45, 2.75) is 18.9 Å². The molecule has 1 aliphatic heterocycles. The van der Waals surface area contributed by atoms with Crippen molar-refractivity contribution in [2.75, 3.05) is 25.5 Å². The van der Waals surface area contributed by atoms with Gasteiger partial charge in [0.15, 0.2) is 0 Å². The molecular formula is C10H15BrN4. The van der Waals surface area contributed by atoms with Gasteiger partial charge in [0.1, 0.15) is 10.4 Å². The van der Waals surface area contributed by atoms with E-state index in [9.17, 15) is 0 Å². The fraction of sp³-hybridized carbons (Fsp3) is 0.600. The van der Waals surface area contributed by atoms with Gasteiger partial charge in [-0.1, -0.05) is 0 Å². The highest BCUT2D eigenvalue weighted by Gasteiger charge is 2.20. The zero-order chi connectivity index (χ0) is 10.7. The van der Waals surface area contributed by atoms with Crippen LogP contribution >= 0.6 is 15.9 Å². The summed E-state index contributed by atoms with van der Waals surface area (Å²) < 4.78 is 0.769. The highest BCUT2D eigenvalue weighted by molar-refractivity contribution is 9.10. The van der Waals surface area contributed by atoms with Crippen LogP contribution in [0, 0.1) is 0 Å². The molecule has 0 aliphatic carbocycles. The number of likely N-dealkylation sites (N-methyl/N-ethyl adjacent to an activating group) is 1. The van der Waals surface area contributed by atoms with Gasteiger partial charge < -0.3 is 10.2 Å². The van der Waals surface area contributed by atoms with Crippen LogP contribution in [0.25, 0.3) is 0 Å². The standard InChI is InChI=1S/C10H15BrN4/c1-15-4-2-3-8(15)5-13-10-7-12-9(11)6-14-10/h6-8H,2-5H2,1H3,(H,13,14). The molecule has 5 heteroatoms. The van der Waals surface area contributed by atoms with Gasteiger partial charge in [-0.15, -0.1) is 0 Å². The predicted octanol–water partition coefficient (Wildman–Crippen LogP) is 1.75. The predicted molar refractivity (Wildman–Crippen MR) is 63.9 cm³/mol. The second kappa shape index (κ2) is 4.90. The molecule has 1 aromatic rings. The first-order chi connectivity index (χ1) is 7.25. The molecule has 1 aromatic heterocycles. The van der Waals surface area contributed by atoms with Crippen molar-refractivity contribution in [3.63, 3.8) is 0 Å². The molecule has 15 heavy (non-hydrogen) atoms. The van der Waals surface area contributed by atoms with Gasteiger partial charge in [-0.2, -0.15) is 0 Å². The Bertz CT molecular complexity index is 314. The Morgan fingerprint density at radius 3 is 3.00 bits per heavy atom. The van der Waals surface area contributed by atoms with Crippen molar-refractivity contribution in [2.24, 2.45) is 0 Å². The van der Waals surface area contributed by atoms with Crippen LogP contribution in [-0.4, -0.2) is 41.0 Å². The number of halogens is 1. The van der Waals surface area contributed by atoms with Crippen LogP contribution in [0.15, 0.2) is 17.0 Å². The van der Waals surface area contributed by atoms with Crippen molar-refractivity contribution in [3.8, 4) is 0 Å². The lowest BCUT2D eigenvalue weighted by Crippen LogP contribution is -2.31. The Morgan fingerprint density at radius 2 is 2.40 bits per heavy atom. The largest absolute Gasteiger partial charge is 0.367 e. The summed E-state index contributed by atoms with van der Waals surface area (Å²) in [5, 5.41) is 3.31.